The Hall–Kier alpha value is -1.55. The van der Waals surface area contributed by atoms with Gasteiger partial charge in [-0.3, -0.25) is 4.79 Å². The molecule has 1 N–H and O–H groups in total. The van der Waals surface area contributed by atoms with Crippen LogP contribution in [0.4, 0.5) is 0 Å². The van der Waals surface area contributed by atoms with Crippen LogP contribution in [0.25, 0.3) is 11.3 Å². The minimum atomic E-state index is 0.116. The number of hydrogen-bond donors (Lipinski definition) is 1. The lowest BCUT2D eigenvalue weighted by Gasteiger charge is -2.00. The zero-order chi connectivity index (χ0) is 13.0. The molecule has 0 radical (unpaired) electrons. The molecule has 2 rings (SSSR count). The number of benzene rings is 1. The Balaban J connectivity index is 2.15. The third-order valence-electron chi connectivity index (χ3n) is 2.52. The molecule has 0 atom stereocenters. The Morgan fingerprint density at radius 1 is 1.33 bits per heavy atom. The first kappa shape index (κ1) is 12.9. The van der Waals surface area contributed by atoms with Crippen LogP contribution in [0.2, 0.25) is 0 Å². The molecule has 0 saturated carbocycles. The highest BCUT2D eigenvalue weighted by atomic mass is 32.2. The summed E-state index contributed by atoms with van der Waals surface area (Å²) in [4.78, 5) is 19.7. The monoisotopic (exact) mass is 260 g/mol. The van der Waals surface area contributed by atoms with Crippen molar-refractivity contribution in [3.63, 3.8) is 0 Å². The molecule has 0 unspecified atom stereocenters. The predicted octanol–water partition coefficient (Wildman–Crippen LogP) is 3.32. The molecule has 0 bridgehead atoms. The number of carbonyl (C=O) groups excluding carboxylic acids is 1. The van der Waals surface area contributed by atoms with Gasteiger partial charge in [-0.05, 0) is 30.4 Å². The van der Waals surface area contributed by atoms with Crippen LogP contribution < -0.4 is 0 Å². The van der Waals surface area contributed by atoms with E-state index in [4.69, 9.17) is 0 Å². The number of rotatable bonds is 5. The topological polar surface area (TPSA) is 45.8 Å². The maximum absolute atomic E-state index is 11.0. The van der Waals surface area contributed by atoms with E-state index < -0.39 is 0 Å². The molecular weight excluding hydrogens is 244 g/mol. The third-order valence-corrected chi connectivity index (χ3v) is 3.42. The highest BCUT2D eigenvalue weighted by molar-refractivity contribution is 7.99. The summed E-state index contributed by atoms with van der Waals surface area (Å²) in [5.74, 6) is 1.92. The fourth-order valence-corrected chi connectivity index (χ4v) is 2.39. The molecule has 1 aromatic heterocycles. The van der Waals surface area contributed by atoms with Crippen molar-refractivity contribution in [2.45, 2.75) is 25.2 Å². The van der Waals surface area contributed by atoms with E-state index in [0.29, 0.717) is 6.42 Å². The fraction of sp³-hybridized carbons (Fsp3) is 0.286. The van der Waals surface area contributed by atoms with E-state index >= 15 is 0 Å². The van der Waals surface area contributed by atoms with Crippen LogP contribution in [0.5, 0.6) is 0 Å². The minimum absolute atomic E-state index is 0.116. The van der Waals surface area contributed by atoms with E-state index in [1.54, 1.807) is 13.1 Å². The van der Waals surface area contributed by atoms with Crippen molar-refractivity contribution in [1.82, 2.24) is 9.97 Å². The van der Waals surface area contributed by atoms with Crippen molar-refractivity contribution in [3.05, 3.63) is 36.3 Å². The number of aromatic amines is 1. The third kappa shape index (κ3) is 3.23. The van der Waals surface area contributed by atoms with Gasteiger partial charge in [0.1, 0.15) is 11.6 Å². The molecule has 0 spiro atoms. The van der Waals surface area contributed by atoms with Crippen LogP contribution in [0.1, 0.15) is 19.7 Å². The Morgan fingerprint density at radius 2 is 2.06 bits per heavy atom. The Labute approximate surface area is 111 Å². The average Bonchev–Trinajstić information content (AvgIpc) is 2.78. The molecule has 1 aromatic carbocycles. The van der Waals surface area contributed by atoms with Gasteiger partial charge in [-0.25, -0.2) is 4.98 Å². The molecule has 2 aromatic rings. The number of nitrogens with one attached hydrogen (secondary N) is 1. The van der Waals surface area contributed by atoms with Gasteiger partial charge in [0, 0.05) is 4.90 Å². The molecule has 94 valence electrons. The first-order valence-electron chi connectivity index (χ1n) is 5.95. The Morgan fingerprint density at radius 3 is 2.67 bits per heavy atom. The van der Waals surface area contributed by atoms with Gasteiger partial charge >= 0.3 is 0 Å². The van der Waals surface area contributed by atoms with Crippen LogP contribution in [-0.4, -0.2) is 21.5 Å². The van der Waals surface area contributed by atoms with Gasteiger partial charge in [-0.2, -0.15) is 0 Å². The normalized spacial score (nSPS) is 10.6. The highest BCUT2D eigenvalue weighted by Gasteiger charge is 2.05. The molecular formula is C14H16N2OS. The Kier molecular flexibility index (Phi) is 4.20. The number of ketones is 1. The molecule has 0 saturated heterocycles. The maximum Gasteiger partial charge on any atom is 0.137 e. The lowest BCUT2D eigenvalue weighted by atomic mass is 10.2. The largest absolute Gasteiger partial charge is 0.342 e. The van der Waals surface area contributed by atoms with Crippen LogP contribution >= 0.6 is 11.8 Å². The van der Waals surface area contributed by atoms with E-state index in [0.717, 1.165) is 22.8 Å². The molecule has 0 aliphatic heterocycles. The van der Waals surface area contributed by atoms with Crippen molar-refractivity contribution >= 4 is 17.5 Å². The summed E-state index contributed by atoms with van der Waals surface area (Å²) in [7, 11) is 0. The van der Waals surface area contributed by atoms with Crippen molar-refractivity contribution in [2.75, 3.05) is 5.75 Å². The number of imidazole rings is 1. The van der Waals surface area contributed by atoms with Crippen molar-refractivity contribution < 1.29 is 4.79 Å². The van der Waals surface area contributed by atoms with Crippen molar-refractivity contribution in [1.29, 1.82) is 0 Å². The van der Waals surface area contributed by atoms with Gasteiger partial charge < -0.3 is 4.98 Å². The standard InChI is InChI=1S/C14H16N2OS/c1-3-18-12-6-4-11(5-7-12)13-9-15-14(16-13)8-10(2)17/h4-7,9H,3,8H2,1-2H3,(H,15,16). The lowest BCUT2D eigenvalue weighted by molar-refractivity contribution is -0.116. The SMILES string of the molecule is CCSc1ccc(-c2cnc(CC(C)=O)[nH]2)cc1. The fourth-order valence-electron chi connectivity index (χ4n) is 1.73. The molecule has 0 fully saturated rings. The van der Waals surface area contributed by atoms with E-state index in [1.165, 1.54) is 4.90 Å². The molecule has 4 heteroatoms. The van der Waals surface area contributed by atoms with Gasteiger partial charge in [0.05, 0.1) is 18.3 Å². The summed E-state index contributed by atoms with van der Waals surface area (Å²) in [6.07, 6.45) is 2.14. The number of nitrogens with zero attached hydrogens (tertiary/aromatic N) is 1. The molecule has 1 heterocycles. The molecule has 0 amide bonds. The number of H-pyrrole nitrogens is 1. The first-order chi connectivity index (χ1) is 8.69. The Bertz CT molecular complexity index is 531. The van der Waals surface area contributed by atoms with Gasteiger partial charge in [0.15, 0.2) is 0 Å². The zero-order valence-electron chi connectivity index (χ0n) is 10.6. The van der Waals surface area contributed by atoms with Gasteiger partial charge in [-0.1, -0.05) is 19.1 Å². The van der Waals surface area contributed by atoms with Crippen LogP contribution in [0.15, 0.2) is 35.4 Å². The van der Waals surface area contributed by atoms with Crippen LogP contribution in [-0.2, 0) is 11.2 Å². The van der Waals surface area contributed by atoms with E-state index in [9.17, 15) is 4.79 Å². The van der Waals surface area contributed by atoms with Gasteiger partial charge in [0.2, 0.25) is 0 Å². The summed E-state index contributed by atoms with van der Waals surface area (Å²) >= 11 is 1.82. The highest BCUT2D eigenvalue weighted by Crippen LogP contribution is 2.22. The number of aromatic nitrogens is 2. The summed E-state index contributed by atoms with van der Waals surface area (Å²) in [5, 5.41) is 0. The number of carbonyl (C=O) groups is 1. The summed E-state index contributed by atoms with van der Waals surface area (Å²) in [5.41, 5.74) is 2.05. The van der Waals surface area contributed by atoms with Crippen LogP contribution in [0.3, 0.4) is 0 Å². The first-order valence-corrected chi connectivity index (χ1v) is 6.94. The molecule has 3 nitrogen and oxygen atoms in total. The van der Waals surface area contributed by atoms with Gasteiger partial charge in [0.25, 0.3) is 0 Å². The van der Waals surface area contributed by atoms with Crippen molar-refractivity contribution in [2.24, 2.45) is 0 Å². The minimum Gasteiger partial charge on any atom is -0.342 e. The smallest absolute Gasteiger partial charge is 0.137 e. The number of Topliss-reactive ketones (excluding diaryl/α,β-unsaturated/α-hetero) is 1. The molecule has 0 aliphatic rings. The predicted molar refractivity (Wildman–Crippen MR) is 74.8 cm³/mol. The second-order valence-electron chi connectivity index (χ2n) is 4.08. The second-order valence-corrected chi connectivity index (χ2v) is 5.42. The second kappa shape index (κ2) is 5.87. The van der Waals surface area contributed by atoms with Crippen LogP contribution in [0, 0.1) is 0 Å². The summed E-state index contributed by atoms with van der Waals surface area (Å²) in [6.45, 7) is 3.71. The zero-order valence-corrected chi connectivity index (χ0v) is 11.4. The summed E-state index contributed by atoms with van der Waals surface area (Å²) < 4.78 is 0. The molecule has 0 aliphatic carbocycles. The molecule has 18 heavy (non-hydrogen) atoms. The van der Waals surface area contributed by atoms with Gasteiger partial charge in [-0.15, -0.1) is 11.8 Å². The van der Waals surface area contributed by atoms with Crippen molar-refractivity contribution in [3.8, 4) is 11.3 Å². The lowest BCUT2D eigenvalue weighted by Crippen LogP contribution is -1.97. The maximum atomic E-state index is 11.0. The number of thioether (sulfide) groups is 1. The van der Waals surface area contributed by atoms with E-state index in [2.05, 4.69) is 41.2 Å². The average molecular weight is 260 g/mol. The number of hydrogen-bond acceptors (Lipinski definition) is 3. The van der Waals surface area contributed by atoms with E-state index in [1.807, 2.05) is 11.8 Å². The summed E-state index contributed by atoms with van der Waals surface area (Å²) in [6, 6.07) is 8.36. The quantitative estimate of drug-likeness (QED) is 0.839. The van der Waals surface area contributed by atoms with E-state index in [-0.39, 0.29) is 5.78 Å².